The van der Waals surface area contributed by atoms with Crippen LogP contribution in [0.15, 0.2) is 72.8 Å². The highest BCUT2D eigenvalue weighted by Crippen LogP contribution is 2.24. The highest BCUT2D eigenvalue weighted by Gasteiger charge is 2.30. The molecule has 0 saturated carbocycles. The molecule has 0 bridgehead atoms. The SMILES string of the molecule is CC(C)(Oc1ccc(C#N)cc1)C(=O)Nc1ccc(-c2ccc(CN3CCOCC3)cc2)cc1. The molecule has 1 amide bonds. The molecule has 34 heavy (non-hydrogen) atoms. The number of nitriles is 1. The molecule has 0 unspecified atom stereocenters. The first-order valence-corrected chi connectivity index (χ1v) is 11.4. The maximum atomic E-state index is 12.8. The van der Waals surface area contributed by atoms with Gasteiger partial charge in [0.05, 0.1) is 24.8 Å². The summed E-state index contributed by atoms with van der Waals surface area (Å²) in [6.45, 7) is 7.93. The van der Waals surface area contributed by atoms with E-state index in [0.717, 1.165) is 44.0 Å². The zero-order valence-corrected chi connectivity index (χ0v) is 19.6. The lowest BCUT2D eigenvalue weighted by Gasteiger charge is -2.26. The van der Waals surface area contributed by atoms with Crippen LogP contribution in [0.3, 0.4) is 0 Å². The third kappa shape index (κ3) is 6.02. The van der Waals surface area contributed by atoms with Gasteiger partial charge in [-0.25, -0.2) is 0 Å². The third-order valence-corrected chi connectivity index (χ3v) is 5.84. The van der Waals surface area contributed by atoms with Crippen LogP contribution in [0, 0.1) is 11.3 Å². The van der Waals surface area contributed by atoms with Gasteiger partial charge in [-0.3, -0.25) is 9.69 Å². The standard InChI is InChI=1S/C28H29N3O3/c1-28(2,34-26-13-5-21(19-29)6-14-26)27(32)30-25-11-9-24(10-12-25)23-7-3-22(4-8-23)20-31-15-17-33-18-16-31/h3-14H,15-18,20H2,1-2H3,(H,30,32). The molecule has 6 nitrogen and oxygen atoms in total. The van der Waals surface area contributed by atoms with E-state index in [9.17, 15) is 4.79 Å². The van der Waals surface area contributed by atoms with E-state index in [1.807, 2.05) is 24.3 Å². The minimum atomic E-state index is -1.08. The van der Waals surface area contributed by atoms with Crippen molar-refractivity contribution in [3.8, 4) is 22.9 Å². The van der Waals surface area contributed by atoms with Crippen molar-refractivity contribution in [1.82, 2.24) is 4.90 Å². The van der Waals surface area contributed by atoms with Gasteiger partial charge in [0.1, 0.15) is 5.75 Å². The van der Waals surface area contributed by atoms with Gasteiger partial charge in [-0.15, -0.1) is 0 Å². The first kappa shape index (κ1) is 23.5. The Balaban J connectivity index is 1.35. The number of benzene rings is 3. The van der Waals surface area contributed by atoms with Crippen molar-refractivity contribution in [1.29, 1.82) is 5.26 Å². The van der Waals surface area contributed by atoms with E-state index in [-0.39, 0.29) is 5.91 Å². The molecule has 0 aromatic heterocycles. The third-order valence-electron chi connectivity index (χ3n) is 5.84. The molecule has 1 heterocycles. The Morgan fingerprint density at radius 1 is 0.971 bits per heavy atom. The second-order valence-corrected chi connectivity index (χ2v) is 8.87. The summed E-state index contributed by atoms with van der Waals surface area (Å²) < 4.78 is 11.3. The number of carbonyl (C=O) groups excluding carboxylic acids is 1. The molecular formula is C28H29N3O3. The quantitative estimate of drug-likeness (QED) is 0.551. The Morgan fingerprint density at radius 2 is 1.56 bits per heavy atom. The van der Waals surface area contributed by atoms with Gasteiger partial charge in [-0.2, -0.15) is 5.26 Å². The van der Waals surface area contributed by atoms with Crippen molar-refractivity contribution in [3.05, 3.63) is 83.9 Å². The number of amides is 1. The van der Waals surface area contributed by atoms with Crippen molar-refractivity contribution in [2.45, 2.75) is 26.0 Å². The van der Waals surface area contributed by atoms with Crippen LogP contribution in [0.4, 0.5) is 5.69 Å². The van der Waals surface area contributed by atoms with E-state index in [1.54, 1.807) is 38.1 Å². The van der Waals surface area contributed by atoms with Gasteiger partial charge < -0.3 is 14.8 Å². The lowest BCUT2D eigenvalue weighted by molar-refractivity contribution is -0.128. The van der Waals surface area contributed by atoms with Crippen LogP contribution in [0.2, 0.25) is 0 Å². The van der Waals surface area contributed by atoms with Crippen LogP contribution in [0.1, 0.15) is 25.0 Å². The van der Waals surface area contributed by atoms with Crippen LogP contribution in [-0.4, -0.2) is 42.7 Å². The van der Waals surface area contributed by atoms with Crippen molar-refractivity contribution >= 4 is 11.6 Å². The highest BCUT2D eigenvalue weighted by atomic mass is 16.5. The van der Waals surface area contributed by atoms with Crippen LogP contribution < -0.4 is 10.1 Å². The Hall–Kier alpha value is -3.66. The molecule has 4 rings (SSSR count). The Labute approximate surface area is 200 Å². The second kappa shape index (κ2) is 10.5. The smallest absolute Gasteiger partial charge is 0.267 e. The number of hydrogen-bond donors (Lipinski definition) is 1. The van der Waals surface area contributed by atoms with E-state index in [2.05, 4.69) is 40.6 Å². The number of anilines is 1. The summed E-state index contributed by atoms with van der Waals surface area (Å²) in [6.07, 6.45) is 0. The zero-order chi connectivity index (χ0) is 24.0. The number of carbonyl (C=O) groups is 1. The molecule has 0 aliphatic carbocycles. The monoisotopic (exact) mass is 455 g/mol. The number of rotatable bonds is 7. The highest BCUT2D eigenvalue weighted by molar-refractivity contribution is 5.97. The predicted octanol–water partition coefficient (Wildman–Crippen LogP) is 4.85. The molecule has 3 aromatic rings. The number of hydrogen-bond acceptors (Lipinski definition) is 5. The van der Waals surface area contributed by atoms with E-state index in [1.165, 1.54) is 5.56 Å². The minimum Gasteiger partial charge on any atom is -0.478 e. The fourth-order valence-electron chi connectivity index (χ4n) is 3.79. The second-order valence-electron chi connectivity index (χ2n) is 8.87. The van der Waals surface area contributed by atoms with Crippen LogP contribution in [0.25, 0.3) is 11.1 Å². The molecule has 1 fully saturated rings. The molecule has 1 N–H and O–H groups in total. The zero-order valence-electron chi connectivity index (χ0n) is 19.6. The Bertz CT molecular complexity index is 1140. The minimum absolute atomic E-state index is 0.253. The molecule has 174 valence electrons. The van der Waals surface area contributed by atoms with Crippen molar-refractivity contribution in [2.24, 2.45) is 0 Å². The molecular weight excluding hydrogens is 426 g/mol. The van der Waals surface area contributed by atoms with Gasteiger partial charge in [0, 0.05) is 25.3 Å². The lowest BCUT2D eigenvalue weighted by Crippen LogP contribution is -2.42. The molecule has 0 atom stereocenters. The summed E-state index contributed by atoms with van der Waals surface area (Å²) in [5, 5.41) is 11.8. The average molecular weight is 456 g/mol. The molecule has 3 aromatic carbocycles. The molecule has 0 radical (unpaired) electrons. The average Bonchev–Trinajstić information content (AvgIpc) is 2.86. The van der Waals surface area contributed by atoms with Gasteiger partial charge in [0.2, 0.25) is 0 Å². The fourth-order valence-corrected chi connectivity index (χ4v) is 3.79. The summed E-state index contributed by atoms with van der Waals surface area (Å²) in [5.74, 6) is 0.281. The Morgan fingerprint density at radius 3 is 2.15 bits per heavy atom. The maximum absolute atomic E-state index is 12.8. The summed E-state index contributed by atoms with van der Waals surface area (Å²) in [7, 11) is 0. The molecule has 6 heteroatoms. The fraction of sp³-hybridized carbons (Fsp3) is 0.286. The molecule has 1 aliphatic heterocycles. The van der Waals surface area contributed by atoms with Gasteiger partial charge in [0.15, 0.2) is 5.60 Å². The number of ether oxygens (including phenoxy) is 2. The summed E-state index contributed by atoms with van der Waals surface area (Å²) in [5.41, 5.74) is 3.68. The lowest BCUT2D eigenvalue weighted by atomic mass is 10.0. The predicted molar refractivity (Wildman–Crippen MR) is 132 cm³/mol. The first-order valence-electron chi connectivity index (χ1n) is 11.4. The normalized spacial score (nSPS) is 14.3. The number of nitrogens with zero attached hydrogens (tertiary/aromatic N) is 2. The maximum Gasteiger partial charge on any atom is 0.267 e. The van der Waals surface area contributed by atoms with Gasteiger partial charge in [-0.05, 0) is 66.9 Å². The van der Waals surface area contributed by atoms with Crippen molar-refractivity contribution in [2.75, 3.05) is 31.6 Å². The Kier molecular flexibility index (Phi) is 7.27. The molecule has 1 saturated heterocycles. The van der Waals surface area contributed by atoms with Gasteiger partial charge >= 0.3 is 0 Å². The largest absolute Gasteiger partial charge is 0.478 e. The molecule has 0 spiro atoms. The van der Waals surface area contributed by atoms with E-state index >= 15 is 0 Å². The van der Waals surface area contributed by atoms with Gasteiger partial charge in [0.25, 0.3) is 5.91 Å². The van der Waals surface area contributed by atoms with Crippen molar-refractivity contribution in [3.63, 3.8) is 0 Å². The topological polar surface area (TPSA) is 74.6 Å². The summed E-state index contributed by atoms with van der Waals surface area (Å²) in [4.78, 5) is 15.2. The van der Waals surface area contributed by atoms with Crippen molar-refractivity contribution < 1.29 is 14.3 Å². The van der Waals surface area contributed by atoms with Crippen LogP contribution in [0.5, 0.6) is 5.75 Å². The van der Waals surface area contributed by atoms with E-state index in [0.29, 0.717) is 17.0 Å². The number of morpholine rings is 1. The van der Waals surface area contributed by atoms with Gasteiger partial charge in [-0.1, -0.05) is 36.4 Å². The molecule has 1 aliphatic rings. The summed E-state index contributed by atoms with van der Waals surface area (Å²) >= 11 is 0. The summed E-state index contributed by atoms with van der Waals surface area (Å²) in [6, 6.07) is 25.2. The van der Waals surface area contributed by atoms with E-state index < -0.39 is 5.60 Å². The van der Waals surface area contributed by atoms with Crippen LogP contribution in [-0.2, 0) is 16.1 Å². The van der Waals surface area contributed by atoms with Crippen LogP contribution >= 0.6 is 0 Å². The first-order chi connectivity index (χ1) is 16.4. The van der Waals surface area contributed by atoms with E-state index in [4.69, 9.17) is 14.7 Å². The number of nitrogens with one attached hydrogen (secondary N) is 1.